The smallest absolute Gasteiger partial charge is 0.224 e. The summed E-state index contributed by atoms with van der Waals surface area (Å²) in [6.07, 6.45) is 7.88. The minimum atomic E-state index is 0.231. The van der Waals surface area contributed by atoms with Gasteiger partial charge in [-0.05, 0) is 12.3 Å². The fourth-order valence-electron chi connectivity index (χ4n) is 2.51. The van der Waals surface area contributed by atoms with E-state index >= 15 is 0 Å². The lowest BCUT2D eigenvalue weighted by Crippen LogP contribution is -2.49. The van der Waals surface area contributed by atoms with Gasteiger partial charge in [-0.3, -0.25) is 4.79 Å². The molecule has 0 aromatic carbocycles. The number of nitrogens with two attached hydrogens (primary N) is 1. The van der Waals surface area contributed by atoms with E-state index in [2.05, 4.69) is 11.9 Å². The number of likely N-dealkylation sites (tertiary alicyclic amines) is 1. The second-order valence-electron chi connectivity index (χ2n) is 5.01. The van der Waals surface area contributed by atoms with Crippen LogP contribution in [0, 0.1) is 5.92 Å². The Balaban J connectivity index is 1.82. The lowest BCUT2D eigenvalue weighted by molar-refractivity contribution is -0.133. The normalized spacial score (nSPS) is 24.2. The largest absolute Gasteiger partial charge is 0.342 e. The van der Waals surface area contributed by atoms with E-state index in [1.165, 1.54) is 0 Å². The van der Waals surface area contributed by atoms with E-state index in [9.17, 15) is 4.79 Å². The van der Waals surface area contributed by atoms with E-state index in [0.29, 0.717) is 18.9 Å². The predicted octanol–water partition coefficient (Wildman–Crippen LogP) is 0.859. The van der Waals surface area contributed by atoms with E-state index in [-0.39, 0.29) is 11.9 Å². The first-order valence-electron chi connectivity index (χ1n) is 6.69. The molecule has 1 aromatic heterocycles. The van der Waals surface area contributed by atoms with Crippen molar-refractivity contribution in [3.63, 3.8) is 0 Å². The summed E-state index contributed by atoms with van der Waals surface area (Å²) < 4.78 is 1.94. The summed E-state index contributed by atoms with van der Waals surface area (Å²) in [6, 6.07) is 0.257. The molecular weight excluding hydrogens is 228 g/mol. The Labute approximate surface area is 108 Å². The zero-order chi connectivity index (χ0) is 13.0. The molecule has 1 amide bonds. The lowest BCUT2D eigenvalue weighted by Gasteiger charge is -2.36. The van der Waals surface area contributed by atoms with Crippen molar-refractivity contribution >= 4 is 5.91 Å². The van der Waals surface area contributed by atoms with Crippen LogP contribution in [-0.4, -0.2) is 39.5 Å². The van der Waals surface area contributed by atoms with Gasteiger partial charge in [-0.2, -0.15) is 0 Å². The molecule has 0 saturated carbocycles. The molecule has 5 heteroatoms. The molecule has 1 aromatic rings. The summed E-state index contributed by atoms with van der Waals surface area (Å²) in [5.74, 6) is 0.685. The van der Waals surface area contributed by atoms with Gasteiger partial charge < -0.3 is 15.2 Å². The maximum atomic E-state index is 12.1. The van der Waals surface area contributed by atoms with Crippen LogP contribution in [0.5, 0.6) is 0 Å². The summed E-state index contributed by atoms with van der Waals surface area (Å²) in [6.45, 7) is 4.48. The van der Waals surface area contributed by atoms with Gasteiger partial charge in [0.15, 0.2) is 0 Å². The highest BCUT2D eigenvalue weighted by Gasteiger charge is 2.27. The maximum Gasteiger partial charge on any atom is 0.224 e. The fraction of sp³-hybridized carbons (Fsp3) is 0.692. The van der Waals surface area contributed by atoms with Crippen molar-refractivity contribution in [2.75, 3.05) is 13.1 Å². The Morgan fingerprint density at radius 3 is 3.06 bits per heavy atom. The molecule has 1 fully saturated rings. The van der Waals surface area contributed by atoms with E-state index in [1.54, 1.807) is 12.5 Å². The summed E-state index contributed by atoms with van der Waals surface area (Å²) in [5, 5.41) is 0. The van der Waals surface area contributed by atoms with E-state index < -0.39 is 0 Å². The quantitative estimate of drug-likeness (QED) is 0.862. The van der Waals surface area contributed by atoms with Crippen LogP contribution in [0.2, 0.25) is 0 Å². The third-order valence-corrected chi connectivity index (χ3v) is 3.81. The highest BCUT2D eigenvalue weighted by molar-refractivity contribution is 5.76. The Morgan fingerprint density at radius 1 is 1.56 bits per heavy atom. The molecule has 18 heavy (non-hydrogen) atoms. The van der Waals surface area contributed by atoms with Crippen molar-refractivity contribution in [2.45, 2.75) is 38.8 Å². The number of aryl methyl sites for hydroxylation is 1. The van der Waals surface area contributed by atoms with Gasteiger partial charge in [-0.15, -0.1) is 0 Å². The van der Waals surface area contributed by atoms with Crippen LogP contribution in [0.3, 0.4) is 0 Å². The standard InChI is InChI=1S/C13H22N4O/c1-2-11-9-17(7-3-12(11)14)13(18)4-6-16-8-5-15-10-16/h5,8,10-12H,2-4,6-7,9,14H2,1H3. The summed E-state index contributed by atoms with van der Waals surface area (Å²) >= 11 is 0. The van der Waals surface area contributed by atoms with Gasteiger partial charge in [0.2, 0.25) is 5.91 Å². The van der Waals surface area contributed by atoms with Crippen LogP contribution >= 0.6 is 0 Å². The van der Waals surface area contributed by atoms with E-state index in [4.69, 9.17) is 5.73 Å². The topological polar surface area (TPSA) is 64.2 Å². The number of carbonyl (C=O) groups excluding carboxylic acids is 1. The van der Waals surface area contributed by atoms with Crippen molar-refractivity contribution < 1.29 is 4.79 Å². The number of nitrogens with zero attached hydrogens (tertiary/aromatic N) is 3. The SMILES string of the molecule is CCC1CN(C(=O)CCn2ccnc2)CCC1N. The monoisotopic (exact) mass is 250 g/mol. The second-order valence-corrected chi connectivity index (χ2v) is 5.01. The van der Waals surface area contributed by atoms with Crippen molar-refractivity contribution in [2.24, 2.45) is 11.7 Å². The molecule has 100 valence electrons. The molecule has 5 nitrogen and oxygen atoms in total. The van der Waals surface area contributed by atoms with Crippen LogP contribution in [-0.2, 0) is 11.3 Å². The number of hydrogen-bond acceptors (Lipinski definition) is 3. The van der Waals surface area contributed by atoms with Gasteiger partial charge in [0.05, 0.1) is 6.33 Å². The lowest BCUT2D eigenvalue weighted by atomic mass is 9.90. The number of rotatable bonds is 4. The van der Waals surface area contributed by atoms with Gasteiger partial charge in [-0.25, -0.2) is 4.98 Å². The molecule has 1 aliphatic rings. The van der Waals surface area contributed by atoms with Crippen LogP contribution in [0.15, 0.2) is 18.7 Å². The molecule has 0 spiro atoms. The van der Waals surface area contributed by atoms with Gasteiger partial charge in [-0.1, -0.05) is 13.3 Å². The molecule has 1 aliphatic heterocycles. The number of imidazole rings is 1. The highest BCUT2D eigenvalue weighted by Crippen LogP contribution is 2.19. The minimum Gasteiger partial charge on any atom is -0.342 e. The first-order valence-corrected chi connectivity index (χ1v) is 6.69. The average molecular weight is 250 g/mol. The fourth-order valence-corrected chi connectivity index (χ4v) is 2.51. The Morgan fingerprint density at radius 2 is 2.39 bits per heavy atom. The van der Waals surface area contributed by atoms with E-state index in [0.717, 1.165) is 25.9 Å². The summed E-state index contributed by atoms with van der Waals surface area (Å²) in [4.78, 5) is 18.0. The molecule has 2 rings (SSSR count). The van der Waals surface area contributed by atoms with Crippen LogP contribution in [0.25, 0.3) is 0 Å². The zero-order valence-electron chi connectivity index (χ0n) is 11.0. The van der Waals surface area contributed by atoms with Gasteiger partial charge in [0.1, 0.15) is 0 Å². The van der Waals surface area contributed by atoms with Crippen molar-refractivity contribution in [3.8, 4) is 0 Å². The van der Waals surface area contributed by atoms with Gasteiger partial charge >= 0.3 is 0 Å². The number of aromatic nitrogens is 2. The molecule has 2 heterocycles. The number of carbonyl (C=O) groups is 1. The molecule has 2 unspecified atom stereocenters. The molecule has 0 bridgehead atoms. The van der Waals surface area contributed by atoms with Gasteiger partial charge in [0.25, 0.3) is 0 Å². The maximum absolute atomic E-state index is 12.1. The van der Waals surface area contributed by atoms with Crippen molar-refractivity contribution in [1.29, 1.82) is 0 Å². The Kier molecular flexibility index (Phi) is 4.36. The minimum absolute atomic E-state index is 0.231. The molecule has 2 atom stereocenters. The highest BCUT2D eigenvalue weighted by atomic mass is 16.2. The van der Waals surface area contributed by atoms with Crippen LogP contribution < -0.4 is 5.73 Å². The Hall–Kier alpha value is -1.36. The Bertz CT molecular complexity index is 376. The van der Waals surface area contributed by atoms with E-state index in [1.807, 2.05) is 15.7 Å². The average Bonchev–Trinajstić information content (AvgIpc) is 2.89. The molecule has 0 radical (unpaired) electrons. The molecule has 0 aliphatic carbocycles. The molecule has 1 saturated heterocycles. The first kappa shape index (κ1) is 13.1. The van der Waals surface area contributed by atoms with Crippen LogP contribution in [0.1, 0.15) is 26.2 Å². The first-order chi connectivity index (χ1) is 8.70. The molecular formula is C13H22N4O. The van der Waals surface area contributed by atoms with Crippen molar-refractivity contribution in [1.82, 2.24) is 14.5 Å². The summed E-state index contributed by atoms with van der Waals surface area (Å²) in [7, 11) is 0. The zero-order valence-corrected chi connectivity index (χ0v) is 11.0. The number of amides is 1. The molecule has 2 N–H and O–H groups in total. The third kappa shape index (κ3) is 3.10. The second kappa shape index (κ2) is 6.00. The van der Waals surface area contributed by atoms with Gasteiger partial charge in [0, 0.05) is 44.5 Å². The van der Waals surface area contributed by atoms with Crippen molar-refractivity contribution in [3.05, 3.63) is 18.7 Å². The number of hydrogen-bond donors (Lipinski definition) is 1. The summed E-state index contributed by atoms with van der Waals surface area (Å²) in [5.41, 5.74) is 6.05. The third-order valence-electron chi connectivity index (χ3n) is 3.81. The van der Waals surface area contributed by atoms with Crippen LogP contribution in [0.4, 0.5) is 0 Å². The number of piperidine rings is 1. The predicted molar refractivity (Wildman–Crippen MR) is 69.8 cm³/mol.